The zero-order valence-corrected chi connectivity index (χ0v) is 24.5. The fourth-order valence-electron chi connectivity index (χ4n) is 4.23. The van der Waals surface area contributed by atoms with Crippen LogP contribution >= 0.6 is 11.6 Å². The molecule has 0 heterocycles. The van der Waals surface area contributed by atoms with E-state index >= 15 is 0 Å². The molecule has 0 aliphatic carbocycles. The standard InChI is InChI=1S/C29H34ClN3O6S/c1-5-25(29(35)31-6-2)32(19-21-12-14-22(30)15-13-21)28(34)20-33(23-10-8-7-9-11-23)40(36,37)24-16-17-26(38-3)27(18-24)39-4/h7-18,25H,5-6,19-20H2,1-4H3,(H,31,35)/t25-/m0/s1. The van der Waals surface area contributed by atoms with E-state index in [0.717, 1.165) is 9.87 Å². The van der Waals surface area contributed by atoms with Crippen molar-refractivity contribution < 1.29 is 27.5 Å². The minimum Gasteiger partial charge on any atom is -0.493 e. The van der Waals surface area contributed by atoms with Gasteiger partial charge in [-0.05, 0) is 55.3 Å². The van der Waals surface area contributed by atoms with E-state index in [4.69, 9.17) is 21.1 Å². The number of hydrogen-bond donors (Lipinski definition) is 1. The van der Waals surface area contributed by atoms with Crippen molar-refractivity contribution in [2.45, 2.75) is 37.8 Å². The van der Waals surface area contributed by atoms with Crippen molar-refractivity contribution in [3.8, 4) is 11.5 Å². The lowest BCUT2D eigenvalue weighted by atomic mass is 10.1. The lowest BCUT2D eigenvalue weighted by molar-refractivity contribution is -0.140. The molecule has 214 valence electrons. The Labute approximate surface area is 240 Å². The summed E-state index contributed by atoms with van der Waals surface area (Å²) >= 11 is 6.04. The normalized spacial score (nSPS) is 11.8. The first-order valence-electron chi connectivity index (χ1n) is 12.8. The van der Waals surface area contributed by atoms with Crippen LogP contribution in [0, 0.1) is 0 Å². The first-order valence-corrected chi connectivity index (χ1v) is 14.6. The van der Waals surface area contributed by atoms with Gasteiger partial charge in [-0.2, -0.15) is 0 Å². The molecule has 0 spiro atoms. The Bertz CT molecular complexity index is 1400. The van der Waals surface area contributed by atoms with Crippen LogP contribution < -0.4 is 19.1 Å². The van der Waals surface area contributed by atoms with Crippen LogP contribution in [-0.4, -0.2) is 58.5 Å². The highest BCUT2D eigenvalue weighted by atomic mass is 35.5. The van der Waals surface area contributed by atoms with E-state index in [0.29, 0.717) is 29.4 Å². The third-order valence-corrected chi connectivity index (χ3v) is 8.29. The molecule has 0 saturated carbocycles. The number of anilines is 1. The molecule has 0 unspecified atom stereocenters. The summed E-state index contributed by atoms with van der Waals surface area (Å²) in [7, 11) is -1.39. The lowest BCUT2D eigenvalue weighted by Gasteiger charge is -2.33. The molecule has 0 aliphatic rings. The number of halogens is 1. The molecule has 1 atom stereocenters. The van der Waals surface area contributed by atoms with Crippen LogP contribution in [0.25, 0.3) is 0 Å². The number of hydrogen-bond acceptors (Lipinski definition) is 6. The first-order chi connectivity index (χ1) is 19.2. The molecule has 3 aromatic rings. The van der Waals surface area contributed by atoms with Crippen molar-refractivity contribution in [1.29, 1.82) is 0 Å². The number of likely N-dealkylation sites (N-methyl/N-ethyl adjacent to an activating group) is 1. The van der Waals surface area contributed by atoms with Crippen molar-refractivity contribution >= 4 is 39.1 Å². The zero-order valence-electron chi connectivity index (χ0n) is 23.0. The highest BCUT2D eigenvalue weighted by Crippen LogP contribution is 2.32. The molecule has 1 N–H and O–H groups in total. The lowest BCUT2D eigenvalue weighted by Crippen LogP contribution is -2.52. The topological polar surface area (TPSA) is 105 Å². The van der Waals surface area contributed by atoms with Crippen molar-refractivity contribution in [2.24, 2.45) is 0 Å². The molecule has 3 aromatic carbocycles. The van der Waals surface area contributed by atoms with Crippen LogP contribution in [0.2, 0.25) is 5.02 Å². The second-order valence-electron chi connectivity index (χ2n) is 8.83. The Morgan fingerprint density at radius 3 is 2.15 bits per heavy atom. The third-order valence-electron chi connectivity index (χ3n) is 6.27. The minimum atomic E-state index is -4.25. The number of rotatable bonds is 13. The number of sulfonamides is 1. The van der Waals surface area contributed by atoms with E-state index < -0.39 is 28.5 Å². The largest absolute Gasteiger partial charge is 0.493 e. The van der Waals surface area contributed by atoms with E-state index in [2.05, 4.69) is 5.32 Å². The summed E-state index contributed by atoms with van der Waals surface area (Å²) < 4.78 is 39.6. The average Bonchev–Trinajstić information content (AvgIpc) is 2.96. The summed E-state index contributed by atoms with van der Waals surface area (Å²) in [6, 6.07) is 18.7. The van der Waals surface area contributed by atoms with Crippen molar-refractivity contribution in [1.82, 2.24) is 10.2 Å². The number of amides is 2. The van der Waals surface area contributed by atoms with Crippen LogP contribution in [0.3, 0.4) is 0 Å². The van der Waals surface area contributed by atoms with Crippen LogP contribution in [-0.2, 0) is 26.2 Å². The molecule has 2 amide bonds. The summed E-state index contributed by atoms with van der Waals surface area (Å²) in [5.74, 6) is -0.262. The Balaban J connectivity index is 2.06. The van der Waals surface area contributed by atoms with Gasteiger partial charge in [-0.15, -0.1) is 0 Å². The molecule has 9 nitrogen and oxygen atoms in total. The SMILES string of the molecule is CCNC(=O)[C@H](CC)N(Cc1ccc(Cl)cc1)C(=O)CN(c1ccccc1)S(=O)(=O)c1ccc(OC)c(OC)c1. The summed E-state index contributed by atoms with van der Waals surface area (Å²) in [5.41, 5.74) is 1.04. The van der Waals surface area contributed by atoms with Gasteiger partial charge < -0.3 is 19.7 Å². The molecule has 11 heteroatoms. The van der Waals surface area contributed by atoms with Crippen LogP contribution in [0.5, 0.6) is 11.5 Å². The highest BCUT2D eigenvalue weighted by molar-refractivity contribution is 7.92. The molecular formula is C29H34ClN3O6S. The summed E-state index contributed by atoms with van der Waals surface area (Å²) in [5, 5.41) is 3.32. The molecule has 0 radical (unpaired) electrons. The number of benzene rings is 3. The zero-order chi connectivity index (χ0) is 29.3. The molecule has 0 bridgehead atoms. The van der Waals surface area contributed by atoms with Crippen LogP contribution in [0.4, 0.5) is 5.69 Å². The number of ether oxygens (including phenoxy) is 2. The number of para-hydroxylation sites is 1. The Morgan fingerprint density at radius 2 is 1.57 bits per heavy atom. The van der Waals surface area contributed by atoms with Crippen molar-refractivity contribution in [3.05, 3.63) is 83.4 Å². The predicted molar refractivity (Wildman–Crippen MR) is 155 cm³/mol. The first kappa shape index (κ1) is 30.8. The molecule has 0 saturated heterocycles. The Kier molecular flexibility index (Phi) is 10.8. The van der Waals surface area contributed by atoms with E-state index in [1.807, 2.05) is 0 Å². The van der Waals surface area contributed by atoms with Gasteiger partial charge in [-0.3, -0.25) is 13.9 Å². The number of nitrogens with zero attached hydrogens (tertiary/aromatic N) is 2. The van der Waals surface area contributed by atoms with Crippen molar-refractivity contribution in [2.75, 3.05) is 31.6 Å². The van der Waals surface area contributed by atoms with Gasteiger partial charge in [0.05, 0.1) is 24.8 Å². The second-order valence-corrected chi connectivity index (χ2v) is 11.1. The molecule has 0 fully saturated rings. The summed E-state index contributed by atoms with van der Waals surface area (Å²) in [6.45, 7) is 3.54. The number of carbonyl (C=O) groups excluding carboxylic acids is 2. The van der Waals surface area contributed by atoms with E-state index in [-0.39, 0.29) is 23.1 Å². The van der Waals surface area contributed by atoms with Gasteiger partial charge in [0.15, 0.2) is 11.5 Å². The third kappa shape index (κ3) is 7.25. The van der Waals surface area contributed by atoms with E-state index in [9.17, 15) is 18.0 Å². The average molecular weight is 588 g/mol. The van der Waals surface area contributed by atoms with Crippen LogP contribution in [0.1, 0.15) is 25.8 Å². The van der Waals surface area contributed by atoms with Gasteiger partial charge >= 0.3 is 0 Å². The van der Waals surface area contributed by atoms with E-state index in [1.54, 1.807) is 68.4 Å². The molecule has 40 heavy (non-hydrogen) atoms. The van der Waals surface area contributed by atoms with Gasteiger partial charge in [0.1, 0.15) is 12.6 Å². The van der Waals surface area contributed by atoms with Crippen LogP contribution in [0.15, 0.2) is 77.7 Å². The van der Waals surface area contributed by atoms with Gasteiger partial charge in [-0.25, -0.2) is 8.42 Å². The van der Waals surface area contributed by atoms with E-state index in [1.165, 1.54) is 37.3 Å². The molecule has 0 aliphatic heterocycles. The van der Waals surface area contributed by atoms with Gasteiger partial charge in [0.2, 0.25) is 11.8 Å². The minimum absolute atomic E-state index is 0.0816. The van der Waals surface area contributed by atoms with Gasteiger partial charge in [0, 0.05) is 24.2 Å². The number of carbonyl (C=O) groups is 2. The predicted octanol–water partition coefficient (Wildman–Crippen LogP) is 4.50. The number of nitrogens with one attached hydrogen (secondary N) is 1. The van der Waals surface area contributed by atoms with Gasteiger partial charge in [0.25, 0.3) is 10.0 Å². The molecule has 0 aromatic heterocycles. The van der Waals surface area contributed by atoms with Crippen molar-refractivity contribution in [3.63, 3.8) is 0 Å². The summed E-state index contributed by atoms with van der Waals surface area (Å²) in [4.78, 5) is 28.3. The van der Waals surface area contributed by atoms with Gasteiger partial charge in [-0.1, -0.05) is 48.9 Å². The maximum atomic E-state index is 14.0. The smallest absolute Gasteiger partial charge is 0.264 e. The fourth-order valence-corrected chi connectivity index (χ4v) is 5.78. The maximum absolute atomic E-state index is 14.0. The molecular weight excluding hydrogens is 554 g/mol. The highest BCUT2D eigenvalue weighted by Gasteiger charge is 2.34. The molecule has 3 rings (SSSR count). The maximum Gasteiger partial charge on any atom is 0.264 e. The second kappa shape index (κ2) is 14.0. The quantitative estimate of drug-likeness (QED) is 0.316. The number of methoxy groups -OCH3 is 2. The summed E-state index contributed by atoms with van der Waals surface area (Å²) in [6.07, 6.45) is 0.332. The monoisotopic (exact) mass is 587 g/mol. The Morgan fingerprint density at radius 1 is 0.925 bits per heavy atom. The fraction of sp³-hybridized carbons (Fsp3) is 0.310. The Hall–Kier alpha value is -3.76.